The van der Waals surface area contributed by atoms with Crippen molar-refractivity contribution in [1.29, 1.82) is 0 Å². The Balaban J connectivity index is 3.65. The van der Waals surface area contributed by atoms with Crippen molar-refractivity contribution in [3.05, 3.63) is 0 Å². The SMILES string of the molecule is CCCCCCCCCCCCCCCCCC(=O)C(=O)[C@H](O)[C@@H](O)[C@H](O)[C@H](O)CO. The summed E-state index contributed by atoms with van der Waals surface area (Å²) in [5, 5.41) is 46.9. The van der Waals surface area contributed by atoms with Gasteiger partial charge in [-0.25, -0.2) is 0 Å². The van der Waals surface area contributed by atoms with Gasteiger partial charge >= 0.3 is 0 Å². The number of hydrogen-bond acceptors (Lipinski definition) is 7. The van der Waals surface area contributed by atoms with Crippen LogP contribution >= 0.6 is 0 Å². The van der Waals surface area contributed by atoms with Crippen LogP contribution in [0.3, 0.4) is 0 Å². The minimum atomic E-state index is -2.11. The molecule has 7 nitrogen and oxygen atoms in total. The Morgan fingerprint density at radius 3 is 1.39 bits per heavy atom. The molecule has 0 aliphatic rings. The summed E-state index contributed by atoms with van der Waals surface area (Å²) in [6.07, 6.45) is 10.1. The lowest BCUT2D eigenvalue weighted by molar-refractivity contribution is -0.154. The number of hydrogen-bond donors (Lipinski definition) is 5. The van der Waals surface area contributed by atoms with Crippen molar-refractivity contribution >= 4 is 11.6 Å². The third-order valence-electron chi connectivity index (χ3n) is 5.81. The van der Waals surface area contributed by atoms with E-state index in [1.54, 1.807) is 0 Å². The molecule has 0 aromatic carbocycles. The monoisotopic (exact) mass is 446 g/mol. The molecule has 0 rings (SSSR count). The zero-order valence-electron chi connectivity index (χ0n) is 19.4. The first kappa shape index (κ1) is 30.1. The number of carbonyl (C=O) groups is 2. The zero-order chi connectivity index (χ0) is 23.5. The second-order valence-corrected chi connectivity index (χ2v) is 8.66. The average Bonchev–Trinajstić information content (AvgIpc) is 2.78. The van der Waals surface area contributed by atoms with Crippen LogP contribution in [-0.2, 0) is 9.59 Å². The molecule has 0 aromatic rings. The van der Waals surface area contributed by atoms with E-state index in [0.29, 0.717) is 6.42 Å². The Kier molecular flexibility index (Phi) is 19.2. The Labute approximate surface area is 187 Å². The summed E-state index contributed by atoms with van der Waals surface area (Å²) < 4.78 is 0. The highest BCUT2D eigenvalue weighted by atomic mass is 16.4. The maximum Gasteiger partial charge on any atom is 0.229 e. The lowest BCUT2D eigenvalue weighted by Gasteiger charge is -2.24. The minimum Gasteiger partial charge on any atom is -0.394 e. The molecule has 0 spiro atoms. The maximum atomic E-state index is 11.9. The molecule has 0 unspecified atom stereocenters. The van der Waals surface area contributed by atoms with E-state index in [0.717, 1.165) is 19.3 Å². The molecule has 0 fully saturated rings. The van der Waals surface area contributed by atoms with Crippen LogP contribution in [0.1, 0.15) is 110 Å². The first-order valence-corrected chi connectivity index (χ1v) is 12.3. The normalized spacial score (nSPS) is 15.4. The summed E-state index contributed by atoms with van der Waals surface area (Å²) >= 11 is 0. The van der Waals surface area contributed by atoms with Crippen molar-refractivity contribution in [2.45, 2.75) is 134 Å². The molecule has 0 amide bonds. The van der Waals surface area contributed by atoms with Gasteiger partial charge in [-0.15, -0.1) is 0 Å². The van der Waals surface area contributed by atoms with Gasteiger partial charge in [0, 0.05) is 6.42 Å². The number of aliphatic hydroxyl groups excluding tert-OH is 5. The number of Topliss-reactive ketones (excluding diaryl/α,β-unsaturated/α-hetero) is 2. The van der Waals surface area contributed by atoms with Gasteiger partial charge < -0.3 is 25.5 Å². The molecule has 0 aliphatic heterocycles. The number of aliphatic hydroxyl groups is 5. The second-order valence-electron chi connectivity index (χ2n) is 8.66. The lowest BCUT2D eigenvalue weighted by Crippen LogP contribution is -2.50. The van der Waals surface area contributed by atoms with Crippen LogP contribution in [0.2, 0.25) is 0 Å². The van der Waals surface area contributed by atoms with E-state index in [1.165, 1.54) is 70.6 Å². The fraction of sp³-hybridized carbons (Fsp3) is 0.917. The van der Waals surface area contributed by atoms with Crippen LogP contribution in [0.5, 0.6) is 0 Å². The van der Waals surface area contributed by atoms with Crippen molar-refractivity contribution in [3.8, 4) is 0 Å². The van der Waals surface area contributed by atoms with E-state index in [4.69, 9.17) is 5.11 Å². The molecule has 184 valence electrons. The van der Waals surface area contributed by atoms with Crippen LogP contribution < -0.4 is 0 Å². The molecule has 0 radical (unpaired) electrons. The fourth-order valence-electron chi connectivity index (χ4n) is 3.62. The molecule has 0 aliphatic carbocycles. The molecule has 0 bridgehead atoms. The first-order chi connectivity index (χ1) is 14.9. The van der Waals surface area contributed by atoms with Crippen molar-refractivity contribution in [1.82, 2.24) is 0 Å². The van der Waals surface area contributed by atoms with E-state index < -0.39 is 42.6 Å². The maximum absolute atomic E-state index is 11.9. The topological polar surface area (TPSA) is 135 Å². The van der Waals surface area contributed by atoms with Crippen molar-refractivity contribution in [2.24, 2.45) is 0 Å². The molecule has 0 saturated heterocycles. The highest BCUT2D eigenvalue weighted by molar-refractivity contribution is 6.38. The smallest absolute Gasteiger partial charge is 0.229 e. The van der Waals surface area contributed by atoms with Gasteiger partial charge in [-0.05, 0) is 6.42 Å². The Hall–Kier alpha value is -0.860. The average molecular weight is 447 g/mol. The van der Waals surface area contributed by atoms with E-state index >= 15 is 0 Å². The number of carbonyl (C=O) groups excluding carboxylic acids is 2. The van der Waals surface area contributed by atoms with Crippen molar-refractivity contribution in [3.63, 3.8) is 0 Å². The Morgan fingerprint density at radius 2 is 1.00 bits per heavy atom. The molecule has 31 heavy (non-hydrogen) atoms. The number of rotatable bonds is 22. The minimum absolute atomic E-state index is 0.0144. The summed E-state index contributed by atoms with van der Waals surface area (Å²) in [4.78, 5) is 23.7. The van der Waals surface area contributed by atoms with Gasteiger partial charge in [-0.2, -0.15) is 0 Å². The van der Waals surface area contributed by atoms with Crippen molar-refractivity contribution in [2.75, 3.05) is 6.61 Å². The quantitative estimate of drug-likeness (QED) is 0.127. The first-order valence-electron chi connectivity index (χ1n) is 12.3. The van der Waals surface area contributed by atoms with E-state index in [1.807, 2.05) is 0 Å². The molecule has 0 aromatic heterocycles. The highest BCUT2D eigenvalue weighted by Crippen LogP contribution is 2.14. The largest absolute Gasteiger partial charge is 0.394 e. The Bertz CT molecular complexity index is 455. The fourth-order valence-corrected chi connectivity index (χ4v) is 3.62. The molecule has 4 atom stereocenters. The Morgan fingerprint density at radius 1 is 0.613 bits per heavy atom. The van der Waals surface area contributed by atoms with Gasteiger partial charge in [0.15, 0.2) is 0 Å². The van der Waals surface area contributed by atoms with E-state index in [2.05, 4.69) is 6.92 Å². The standard InChI is InChI=1S/C24H46O7/c1-2-3-4-5-6-7-8-9-10-11-12-13-14-15-16-17-19(26)21(28)23(30)24(31)22(29)20(27)18-25/h20,22-25,27,29-31H,2-18H2,1H3/t20-,22-,23+,24+/m1/s1. The number of unbranched alkanes of at least 4 members (excludes halogenated alkanes) is 14. The molecular formula is C24H46O7. The van der Waals surface area contributed by atoms with Gasteiger partial charge in [0.2, 0.25) is 11.6 Å². The molecule has 5 N–H and O–H groups in total. The molecule has 0 saturated carbocycles. The third kappa shape index (κ3) is 14.8. The van der Waals surface area contributed by atoms with E-state index in [-0.39, 0.29) is 6.42 Å². The summed E-state index contributed by atoms with van der Waals surface area (Å²) in [6.45, 7) is 1.40. The van der Waals surface area contributed by atoms with Crippen LogP contribution in [0.25, 0.3) is 0 Å². The van der Waals surface area contributed by atoms with Crippen LogP contribution in [0.15, 0.2) is 0 Å². The van der Waals surface area contributed by atoms with Crippen LogP contribution in [-0.4, -0.2) is 68.1 Å². The van der Waals surface area contributed by atoms with Gasteiger partial charge in [0.1, 0.15) is 24.4 Å². The van der Waals surface area contributed by atoms with Gasteiger partial charge in [-0.3, -0.25) is 9.59 Å². The lowest BCUT2D eigenvalue weighted by atomic mass is 9.96. The van der Waals surface area contributed by atoms with Crippen LogP contribution in [0.4, 0.5) is 0 Å². The summed E-state index contributed by atoms with van der Waals surface area (Å²) in [7, 11) is 0. The second kappa shape index (κ2) is 19.8. The number of ketones is 2. The predicted octanol–water partition coefficient (Wildman–Crippen LogP) is 2.82. The summed E-state index contributed by atoms with van der Waals surface area (Å²) in [6, 6.07) is 0. The molecule has 7 heteroatoms. The van der Waals surface area contributed by atoms with Gasteiger partial charge in [-0.1, -0.05) is 96.8 Å². The van der Waals surface area contributed by atoms with Gasteiger partial charge in [0.05, 0.1) is 6.61 Å². The highest BCUT2D eigenvalue weighted by Gasteiger charge is 2.36. The molecule has 0 heterocycles. The summed E-state index contributed by atoms with van der Waals surface area (Å²) in [5.41, 5.74) is 0. The van der Waals surface area contributed by atoms with Crippen LogP contribution in [0, 0.1) is 0 Å². The third-order valence-corrected chi connectivity index (χ3v) is 5.81. The van der Waals surface area contributed by atoms with E-state index in [9.17, 15) is 30.0 Å². The predicted molar refractivity (Wildman–Crippen MR) is 121 cm³/mol. The summed E-state index contributed by atoms with van der Waals surface area (Å²) in [5.74, 6) is -1.98. The van der Waals surface area contributed by atoms with Gasteiger partial charge in [0.25, 0.3) is 0 Å². The molecular weight excluding hydrogens is 400 g/mol. The zero-order valence-corrected chi connectivity index (χ0v) is 19.4. The van der Waals surface area contributed by atoms with Crippen molar-refractivity contribution < 1.29 is 35.1 Å².